The molecule has 0 aliphatic carbocycles. The smallest absolute Gasteiger partial charge is 0.331 e. The number of nitrogens with one attached hydrogen (secondary N) is 1. The molecule has 0 fully saturated rings. The van der Waals surface area contributed by atoms with Gasteiger partial charge in [-0.15, -0.1) is 0 Å². The highest BCUT2D eigenvalue weighted by atomic mass is 32.2. The van der Waals surface area contributed by atoms with Gasteiger partial charge in [0.25, 0.3) is 15.9 Å². The van der Waals surface area contributed by atoms with Gasteiger partial charge in [0.1, 0.15) is 5.75 Å². The van der Waals surface area contributed by atoms with Crippen molar-refractivity contribution < 1.29 is 27.5 Å². The summed E-state index contributed by atoms with van der Waals surface area (Å²) < 4.78 is 38.1. The first-order valence-electron chi connectivity index (χ1n) is 11.3. The molecule has 9 heteroatoms. The molecular weight excluding hydrogens is 480 g/mol. The number of methoxy groups -OCH3 is 1. The molecule has 1 heterocycles. The molecule has 4 rings (SSSR count). The molecule has 36 heavy (non-hydrogen) atoms. The molecule has 0 bridgehead atoms. The maximum absolute atomic E-state index is 12.8. The first kappa shape index (κ1) is 25.0. The van der Waals surface area contributed by atoms with Gasteiger partial charge in [-0.05, 0) is 73.0 Å². The number of sulfonamides is 1. The Morgan fingerprint density at radius 1 is 1.00 bits per heavy atom. The Morgan fingerprint density at radius 3 is 2.39 bits per heavy atom. The van der Waals surface area contributed by atoms with Crippen LogP contribution in [0.1, 0.15) is 18.1 Å². The number of hydrogen-bond acceptors (Lipinski definition) is 6. The molecular formula is C27H26N2O6S. The van der Waals surface area contributed by atoms with Gasteiger partial charge in [0, 0.05) is 24.0 Å². The summed E-state index contributed by atoms with van der Waals surface area (Å²) in [5, 5.41) is 0. The summed E-state index contributed by atoms with van der Waals surface area (Å²) in [5.74, 6) is -0.324. The lowest BCUT2D eigenvalue weighted by molar-refractivity contribution is -0.149. The van der Waals surface area contributed by atoms with Crippen molar-refractivity contribution in [2.75, 3.05) is 23.3 Å². The lowest BCUT2D eigenvalue weighted by Gasteiger charge is -2.21. The van der Waals surface area contributed by atoms with E-state index in [-0.39, 0.29) is 10.8 Å². The van der Waals surface area contributed by atoms with Gasteiger partial charge in [0.05, 0.1) is 12.0 Å². The molecule has 1 N–H and O–H groups in total. The van der Waals surface area contributed by atoms with Crippen molar-refractivity contribution in [1.29, 1.82) is 0 Å². The zero-order valence-corrected chi connectivity index (χ0v) is 20.7. The highest BCUT2D eigenvalue weighted by Gasteiger charge is 2.29. The molecule has 3 aromatic rings. The van der Waals surface area contributed by atoms with Crippen LogP contribution in [-0.4, -0.2) is 40.1 Å². The average Bonchev–Trinajstić information content (AvgIpc) is 3.31. The number of benzene rings is 3. The van der Waals surface area contributed by atoms with Crippen LogP contribution in [0.15, 0.2) is 83.8 Å². The van der Waals surface area contributed by atoms with Crippen molar-refractivity contribution in [1.82, 2.24) is 0 Å². The van der Waals surface area contributed by atoms with Crippen LogP contribution < -0.4 is 14.4 Å². The number of nitrogens with zero attached hydrogens (tertiary/aromatic N) is 1. The number of fused-ring (bicyclic) bond motifs is 1. The largest absolute Gasteiger partial charge is 0.497 e. The second kappa shape index (κ2) is 10.7. The van der Waals surface area contributed by atoms with Gasteiger partial charge in [-0.25, -0.2) is 13.2 Å². The Bertz CT molecular complexity index is 1380. The number of amides is 1. The van der Waals surface area contributed by atoms with E-state index in [0.717, 1.165) is 17.7 Å². The van der Waals surface area contributed by atoms with E-state index in [1.165, 1.54) is 31.4 Å². The molecule has 0 radical (unpaired) electrons. The monoisotopic (exact) mass is 506 g/mol. The van der Waals surface area contributed by atoms with Crippen LogP contribution in [0.25, 0.3) is 6.08 Å². The maximum Gasteiger partial charge on any atom is 0.331 e. The molecule has 0 saturated heterocycles. The van der Waals surface area contributed by atoms with E-state index in [1.54, 1.807) is 48.2 Å². The van der Waals surface area contributed by atoms with Gasteiger partial charge in [0.15, 0.2) is 6.10 Å². The molecule has 1 amide bonds. The van der Waals surface area contributed by atoms with Gasteiger partial charge in [-0.3, -0.25) is 9.52 Å². The minimum Gasteiger partial charge on any atom is -0.497 e. The fourth-order valence-corrected chi connectivity index (χ4v) is 4.90. The fraction of sp³-hybridized carbons (Fsp3) is 0.185. The summed E-state index contributed by atoms with van der Waals surface area (Å²) in [4.78, 5) is 26.7. The van der Waals surface area contributed by atoms with Crippen molar-refractivity contribution in [3.05, 3.63) is 90.0 Å². The molecule has 0 aromatic heterocycles. The van der Waals surface area contributed by atoms with Gasteiger partial charge in [0.2, 0.25) is 0 Å². The third kappa shape index (κ3) is 5.75. The molecule has 0 saturated carbocycles. The van der Waals surface area contributed by atoms with E-state index >= 15 is 0 Å². The van der Waals surface area contributed by atoms with Crippen molar-refractivity contribution in [2.45, 2.75) is 24.3 Å². The van der Waals surface area contributed by atoms with Crippen LogP contribution in [0.5, 0.6) is 5.75 Å². The third-order valence-corrected chi connectivity index (χ3v) is 7.14. The second-order valence-corrected chi connectivity index (χ2v) is 9.87. The second-order valence-electron chi connectivity index (χ2n) is 8.18. The quantitative estimate of drug-likeness (QED) is 0.366. The summed E-state index contributed by atoms with van der Waals surface area (Å²) in [6.45, 7) is 2.10. The number of rotatable bonds is 8. The SMILES string of the molecule is COc1ccc(NS(=O)(=O)c2ccc(/C=C/C(=O)OC(C)C(=O)N3CCc4ccccc43)cc2)cc1. The van der Waals surface area contributed by atoms with Crippen LogP contribution in [0.3, 0.4) is 0 Å². The Kier molecular flexibility index (Phi) is 7.40. The molecule has 1 aliphatic rings. The Labute approximate surface area is 210 Å². The molecule has 3 aromatic carbocycles. The Balaban J connectivity index is 1.34. The Morgan fingerprint density at radius 2 is 1.69 bits per heavy atom. The summed E-state index contributed by atoms with van der Waals surface area (Å²) >= 11 is 0. The van der Waals surface area contributed by atoms with E-state index < -0.39 is 22.1 Å². The molecule has 1 atom stereocenters. The normalized spacial score (nSPS) is 13.8. The third-order valence-electron chi connectivity index (χ3n) is 5.74. The van der Waals surface area contributed by atoms with E-state index in [9.17, 15) is 18.0 Å². The van der Waals surface area contributed by atoms with Crippen molar-refractivity contribution in [3.8, 4) is 5.75 Å². The molecule has 1 unspecified atom stereocenters. The van der Waals surface area contributed by atoms with Crippen molar-refractivity contribution >= 4 is 39.4 Å². The number of esters is 1. The van der Waals surface area contributed by atoms with Crippen LogP contribution in [0, 0.1) is 0 Å². The summed E-state index contributed by atoms with van der Waals surface area (Å²) in [6.07, 6.45) is 2.53. The average molecular weight is 507 g/mol. The number of ether oxygens (including phenoxy) is 2. The van der Waals surface area contributed by atoms with Gasteiger partial charge >= 0.3 is 5.97 Å². The van der Waals surface area contributed by atoms with E-state index in [4.69, 9.17) is 9.47 Å². The number of carbonyl (C=O) groups is 2. The number of para-hydroxylation sites is 1. The molecule has 0 spiro atoms. The van der Waals surface area contributed by atoms with Gasteiger partial charge in [-0.1, -0.05) is 30.3 Å². The van der Waals surface area contributed by atoms with Crippen LogP contribution in [-0.2, 0) is 30.8 Å². The lowest BCUT2D eigenvalue weighted by Crippen LogP contribution is -2.38. The minimum atomic E-state index is -3.78. The van der Waals surface area contributed by atoms with Crippen molar-refractivity contribution in [2.24, 2.45) is 0 Å². The molecule has 186 valence electrons. The molecule has 8 nitrogen and oxygen atoms in total. The predicted octanol–water partition coefficient (Wildman–Crippen LogP) is 4.03. The van der Waals surface area contributed by atoms with Crippen molar-refractivity contribution in [3.63, 3.8) is 0 Å². The number of carbonyl (C=O) groups excluding carboxylic acids is 2. The topological polar surface area (TPSA) is 102 Å². The number of hydrogen-bond donors (Lipinski definition) is 1. The fourth-order valence-electron chi connectivity index (χ4n) is 3.85. The van der Waals surface area contributed by atoms with Gasteiger partial charge in [-0.2, -0.15) is 0 Å². The highest BCUT2D eigenvalue weighted by molar-refractivity contribution is 7.92. The van der Waals surface area contributed by atoms with E-state index in [0.29, 0.717) is 23.5 Å². The molecule has 1 aliphatic heterocycles. The standard InChI is InChI=1S/C27H26N2O6S/c1-19(27(31)29-18-17-21-5-3-4-6-25(21)29)35-26(30)16-9-20-7-14-24(15-8-20)36(32,33)28-22-10-12-23(34-2)13-11-22/h3-16,19,28H,17-18H2,1-2H3/b16-9+. The lowest BCUT2D eigenvalue weighted by atomic mass is 10.2. The summed E-state index contributed by atoms with van der Waals surface area (Å²) in [6, 6.07) is 20.2. The van der Waals surface area contributed by atoms with Crippen LogP contribution in [0.4, 0.5) is 11.4 Å². The zero-order chi connectivity index (χ0) is 25.7. The number of anilines is 2. The van der Waals surface area contributed by atoms with Crippen LogP contribution >= 0.6 is 0 Å². The summed E-state index contributed by atoms with van der Waals surface area (Å²) in [5.41, 5.74) is 2.94. The first-order valence-corrected chi connectivity index (χ1v) is 12.8. The van der Waals surface area contributed by atoms with E-state index in [1.807, 2.05) is 24.3 Å². The van der Waals surface area contributed by atoms with Crippen LogP contribution in [0.2, 0.25) is 0 Å². The summed E-state index contributed by atoms with van der Waals surface area (Å²) in [7, 11) is -2.25. The van der Waals surface area contributed by atoms with Gasteiger partial charge < -0.3 is 14.4 Å². The minimum absolute atomic E-state index is 0.0724. The van der Waals surface area contributed by atoms with E-state index in [2.05, 4.69) is 4.72 Å². The Hall–Kier alpha value is -4.11. The maximum atomic E-state index is 12.8. The first-order chi connectivity index (χ1) is 17.3. The highest BCUT2D eigenvalue weighted by Crippen LogP contribution is 2.28. The zero-order valence-electron chi connectivity index (χ0n) is 19.9. The predicted molar refractivity (Wildman–Crippen MR) is 137 cm³/mol.